The highest BCUT2D eigenvalue weighted by Gasteiger charge is 2.37. The summed E-state index contributed by atoms with van der Waals surface area (Å²) in [7, 11) is 0. The van der Waals surface area contributed by atoms with E-state index in [4.69, 9.17) is 12.2 Å². The van der Waals surface area contributed by atoms with E-state index in [1.165, 1.54) is 4.90 Å². The van der Waals surface area contributed by atoms with Gasteiger partial charge in [-0.1, -0.05) is 65.9 Å². The zero-order chi connectivity index (χ0) is 17.1. The van der Waals surface area contributed by atoms with Crippen LogP contribution < -0.4 is 5.11 Å². The van der Waals surface area contributed by atoms with Gasteiger partial charge in [0.25, 0.3) is 5.91 Å². The Morgan fingerprint density at radius 3 is 2.52 bits per heavy atom. The van der Waals surface area contributed by atoms with E-state index in [9.17, 15) is 14.7 Å². The second kappa shape index (κ2) is 7.59. The lowest BCUT2D eigenvalue weighted by Crippen LogP contribution is -2.50. The van der Waals surface area contributed by atoms with E-state index in [1.807, 2.05) is 38.1 Å². The fourth-order valence-corrected chi connectivity index (χ4v) is 3.83. The van der Waals surface area contributed by atoms with Crippen molar-refractivity contribution in [3.05, 3.63) is 39.2 Å². The van der Waals surface area contributed by atoms with Crippen molar-refractivity contribution in [2.75, 3.05) is 0 Å². The van der Waals surface area contributed by atoms with Crippen LogP contribution in [-0.2, 0) is 9.59 Å². The summed E-state index contributed by atoms with van der Waals surface area (Å²) in [4.78, 5) is 25.6. The van der Waals surface area contributed by atoms with Crippen molar-refractivity contribution in [2.45, 2.75) is 26.3 Å². The number of carboxylic acid groups (broad SMARTS) is 1. The van der Waals surface area contributed by atoms with Crippen LogP contribution >= 0.6 is 39.9 Å². The summed E-state index contributed by atoms with van der Waals surface area (Å²) in [6.07, 6.45) is 2.02. The second-order valence-corrected chi connectivity index (χ2v) is 8.16. The maximum Gasteiger partial charge on any atom is 0.266 e. The average molecular weight is 413 g/mol. The SMILES string of the molecule is CC(C)C[C@@H](C(=O)[O-])N1C(=O)/C(=C/c2ccc(Br)cc2)SC1=S. The molecule has 1 aliphatic heterocycles. The van der Waals surface area contributed by atoms with Gasteiger partial charge in [-0.05, 0) is 36.1 Å². The first-order valence-corrected chi connectivity index (χ1v) is 9.05. The topological polar surface area (TPSA) is 60.4 Å². The molecular formula is C16H15BrNO3S2-. The number of nitrogens with zero attached hydrogens (tertiary/aromatic N) is 1. The first-order chi connectivity index (χ1) is 10.8. The van der Waals surface area contributed by atoms with Crippen LogP contribution in [0.1, 0.15) is 25.8 Å². The van der Waals surface area contributed by atoms with Gasteiger partial charge in [0.1, 0.15) is 4.32 Å². The van der Waals surface area contributed by atoms with E-state index in [2.05, 4.69) is 15.9 Å². The van der Waals surface area contributed by atoms with Crippen molar-refractivity contribution in [3.8, 4) is 0 Å². The Morgan fingerprint density at radius 1 is 1.39 bits per heavy atom. The van der Waals surface area contributed by atoms with Crippen molar-refractivity contribution in [2.24, 2.45) is 5.92 Å². The molecule has 0 radical (unpaired) electrons. The summed E-state index contributed by atoms with van der Waals surface area (Å²) in [5.41, 5.74) is 0.850. The van der Waals surface area contributed by atoms with E-state index < -0.39 is 12.0 Å². The number of amides is 1. The molecule has 0 saturated carbocycles. The molecule has 1 amide bonds. The Bertz CT molecular complexity index is 670. The minimum atomic E-state index is -1.28. The van der Waals surface area contributed by atoms with Crippen LogP contribution in [0.3, 0.4) is 0 Å². The third kappa shape index (κ3) is 4.43. The number of carbonyl (C=O) groups is 2. The standard InChI is InChI=1S/C16H16BrNO3S2/c1-9(2)7-12(15(20)21)18-14(19)13(23-16(18)22)8-10-3-5-11(17)6-4-10/h3-6,8-9,12H,7H2,1-2H3,(H,20,21)/p-1/b13-8-/t12-/m0/s1. The van der Waals surface area contributed by atoms with E-state index in [-0.39, 0.29) is 16.1 Å². The maximum absolute atomic E-state index is 12.6. The first kappa shape index (κ1) is 18.2. The predicted molar refractivity (Wildman–Crippen MR) is 97.4 cm³/mol. The van der Waals surface area contributed by atoms with Crippen LogP contribution in [0.4, 0.5) is 0 Å². The van der Waals surface area contributed by atoms with E-state index in [1.54, 1.807) is 6.08 Å². The van der Waals surface area contributed by atoms with E-state index >= 15 is 0 Å². The molecule has 2 rings (SSSR count). The van der Waals surface area contributed by atoms with Crippen LogP contribution in [0, 0.1) is 5.92 Å². The van der Waals surface area contributed by atoms with Crippen LogP contribution in [0.2, 0.25) is 0 Å². The minimum Gasteiger partial charge on any atom is -0.548 e. The van der Waals surface area contributed by atoms with Gasteiger partial charge in [-0.15, -0.1) is 0 Å². The smallest absolute Gasteiger partial charge is 0.266 e. The lowest BCUT2D eigenvalue weighted by molar-refractivity contribution is -0.310. The summed E-state index contributed by atoms with van der Waals surface area (Å²) >= 11 is 9.68. The molecule has 1 aromatic rings. The molecule has 4 nitrogen and oxygen atoms in total. The molecule has 0 spiro atoms. The van der Waals surface area contributed by atoms with Gasteiger partial charge in [0.15, 0.2) is 0 Å². The number of halogens is 1. The van der Waals surface area contributed by atoms with Gasteiger partial charge < -0.3 is 9.90 Å². The molecule has 1 heterocycles. The highest BCUT2D eigenvalue weighted by atomic mass is 79.9. The Hall–Kier alpha value is -1.18. The molecule has 1 saturated heterocycles. The third-order valence-corrected chi connectivity index (χ3v) is 5.13. The molecule has 1 aromatic carbocycles. The molecule has 0 N–H and O–H groups in total. The fourth-order valence-electron chi connectivity index (χ4n) is 2.21. The summed E-state index contributed by atoms with van der Waals surface area (Å²) in [6, 6.07) is 6.44. The average Bonchev–Trinajstić information content (AvgIpc) is 2.73. The quantitative estimate of drug-likeness (QED) is 0.549. The van der Waals surface area contributed by atoms with Gasteiger partial charge in [-0.25, -0.2) is 0 Å². The van der Waals surface area contributed by atoms with Gasteiger partial charge in [0.2, 0.25) is 0 Å². The Balaban J connectivity index is 2.28. The number of aliphatic carboxylic acids is 1. The van der Waals surface area contributed by atoms with Crippen LogP contribution in [0.15, 0.2) is 33.6 Å². The monoisotopic (exact) mass is 412 g/mol. The lowest BCUT2D eigenvalue weighted by Gasteiger charge is -2.28. The van der Waals surface area contributed by atoms with Gasteiger partial charge in [0.05, 0.1) is 16.9 Å². The number of hydrogen-bond acceptors (Lipinski definition) is 5. The Morgan fingerprint density at radius 2 is 2.00 bits per heavy atom. The predicted octanol–water partition coefficient (Wildman–Crippen LogP) is 2.81. The number of thiocarbonyl (C=S) groups is 1. The van der Waals surface area contributed by atoms with Crippen molar-refractivity contribution in [1.29, 1.82) is 0 Å². The zero-order valence-electron chi connectivity index (χ0n) is 12.6. The molecule has 23 heavy (non-hydrogen) atoms. The number of carboxylic acids is 1. The number of benzene rings is 1. The molecule has 1 aliphatic rings. The second-order valence-electron chi connectivity index (χ2n) is 5.57. The first-order valence-electron chi connectivity index (χ1n) is 7.03. The van der Waals surface area contributed by atoms with Crippen LogP contribution in [0.25, 0.3) is 6.08 Å². The van der Waals surface area contributed by atoms with Gasteiger partial charge in [-0.2, -0.15) is 0 Å². The number of rotatable bonds is 5. The van der Waals surface area contributed by atoms with Crippen LogP contribution in [-0.4, -0.2) is 27.1 Å². The number of carbonyl (C=O) groups excluding carboxylic acids is 2. The molecule has 122 valence electrons. The van der Waals surface area contributed by atoms with Crippen molar-refractivity contribution in [1.82, 2.24) is 4.90 Å². The molecule has 1 fully saturated rings. The molecule has 0 bridgehead atoms. The molecule has 1 atom stereocenters. The molecule has 0 aromatic heterocycles. The summed E-state index contributed by atoms with van der Waals surface area (Å²) in [5.74, 6) is -1.55. The Kier molecular flexibility index (Phi) is 6.00. The van der Waals surface area contributed by atoms with Crippen molar-refractivity contribution in [3.63, 3.8) is 0 Å². The van der Waals surface area contributed by atoms with E-state index in [0.29, 0.717) is 11.3 Å². The summed E-state index contributed by atoms with van der Waals surface area (Å²) < 4.78 is 1.20. The van der Waals surface area contributed by atoms with Crippen molar-refractivity contribution >= 4 is 62.2 Å². The van der Waals surface area contributed by atoms with Gasteiger partial charge in [0, 0.05) is 4.47 Å². The summed E-state index contributed by atoms with van der Waals surface area (Å²) in [5, 5.41) is 11.4. The highest BCUT2D eigenvalue weighted by Crippen LogP contribution is 2.35. The number of thioether (sulfide) groups is 1. The zero-order valence-corrected chi connectivity index (χ0v) is 15.8. The normalized spacial score (nSPS) is 18.1. The maximum atomic E-state index is 12.6. The van der Waals surface area contributed by atoms with Gasteiger partial charge in [-0.3, -0.25) is 9.69 Å². The van der Waals surface area contributed by atoms with Crippen molar-refractivity contribution < 1.29 is 14.7 Å². The van der Waals surface area contributed by atoms with Gasteiger partial charge >= 0.3 is 0 Å². The third-order valence-electron chi connectivity index (χ3n) is 3.27. The molecule has 0 unspecified atom stereocenters. The highest BCUT2D eigenvalue weighted by molar-refractivity contribution is 9.10. The minimum absolute atomic E-state index is 0.109. The number of hydrogen-bond donors (Lipinski definition) is 0. The largest absolute Gasteiger partial charge is 0.548 e. The van der Waals surface area contributed by atoms with E-state index in [0.717, 1.165) is 21.8 Å². The van der Waals surface area contributed by atoms with Crippen LogP contribution in [0.5, 0.6) is 0 Å². The summed E-state index contributed by atoms with van der Waals surface area (Å²) in [6.45, 7) is 3.79. The lowest BCUT2D eigenvalue weighted by atomic mass is 10.0. The molecular weight excluding hydrogens is 398 g/mol. The molecule has 0 aliphatic carbocycles. The fraction of sp³-hybridized carbons (Fsp3) is 0.312. The Labute approximate surface area is 153 Å². The molecule has 7 heteroatoms.